The summed E-state index contributed by atoms with van der Waals surface area (Å²) in [7, 11) is -3.11. The first-order valence-electron chi connectivity index (χ1n) is 6.38. The lowest BCUT2D eigenvalue weighted by Crippen LogP contribution is -2.44. The minimum atomic E-state index is -3.11. The second kappa shape index (κ2) is 5.42. The minimum Gasteiger partial charge on any atom is -0.365 e. The Hall–Kier alpha value is -1.21. The van der Waals surface area contributed by atoms with E-state index in [-0.39, 0.29) is 6.04 Å². The van der Waals surface area contributed by atoms with Crippen molar-refractivity contribution in [2.75, 3.05) is 24.7 Å². The summed E-state index contributed by atoms with van der Waals surface area (Å²) in [4.78, 5) is 8.67. The van der Waals surface area contributed by atoms with E-state index in [0.717, 1.165) is 30.0 Å². The van der Waals surface area contributed by atoms with Crippen LogP contribution in [0.3, 0.4) is 0 Å². The monoisotopic (exact) mass is 284 g/mol. The van der Waals surface area contributed by atoms with Gasteiger partial charge in [-0.1, -0.05) is 0 Å². The van der Waals surface area contributed by atoms with E-state index in [1.165, 1.54) is 10.6 Å². The number of anilines is 1. The smallest absolute Gasteiger partial charge is 0.211 e. The van der Waals surface area contributed by atoms with Crippen LogP contribution in [0.4, 0.5) is 5.82 Å². The van der Waals surface area contributed by atoms with Crippen LogP contribution in [0.1, 0.15) is 24.2 Å². The van der Waals surface area contributed by atoms with Crippen molar-refractivity contribution in [2.45, 2.75) is 32.7 Å². The van der Waals surface area contributed by atoms with Gasteiger partial charge in [0.2, 0.25) is 10.0 Å². The molecule has 19 heavy (non-hydrogen) atoms. The Morgan fingerprint density at radius 1 is 1.42 bits per heavy atom. The number of sulfonamides is 1. The van der Waals surface area contributed by atoms with E-state index in [0.29, 0.717) is 13.1 Å². The van der Waals surface area contributed by atoms with Gasteiger partial charge in [-0.2, -0.15) is 0 Å². The first-order valence-corrected chi connectivity index (χ1v) is 8.23. The van der Waals surface area contributed by atoms with Crippen LogP contribution in [0.2, 0.25) is 0 Å². The van der Waals surface area contributed by atoms with Crippen molar-refractivity contribution in [3.8, 4) is 0 Å². The fourth-order valence-corrected chi connectivity index (χ4v) is 3.14. The molecule has 106 valence electrons. The van der Waals surface area contributed by atoms with E-state index in [1.807, 2.05) is 13.8 Å². The molecular weight excluding hydrogens is 264 g/mol. The standard InChI is InChI=1S/C12H20N4O2S/c1-9-7-13-10(2)12(14-9)15-11-5-4-6-16(8-11)19(3,17)18/h7,11H,4-6,8H2,1-3H3,(H,14,15). The molecular formula is C12H20N4O2S. The van der Waals surface area contributed by atoms with Gasteiger partial charge >= 0.3 is 0 Å². The van der Waals surface area contributed by atoms with Crippen LogP contribution in [0, 0.1) is 13.8 Å². The Balaban J connectivity index is 2.09. The number of aromatic nitrogens is 2. The molecule has 6 nitrogen and oxygen atoms in total. The van der Waals surface area contributed by atoms with Crippen LogP contribution in [0.5, 0.6) is 0 Å². The summed E-state index contributed by atoms with van der Waals surface area (Å²) in [5.41, 5.74) is 1.69. The first-order chi connectivity index (χ1) is 8.86. The van der Waals surface area contributed by atoms with Gasteiger partial charge in [0.05, 0.1) is 17.6 Å². The summed E-state index contributed by atoms with van der Waals surface area (Å²) in [5.74, 6) is 0.750. The molecule has 2 heterocycles. The number of rotatable bonds is 3. The average molecular weight is 284 g/mol. The summed E-state index contributed by atoms with van der Waals surface area (Å²) < 4.78 is 24.7. The normalized spacial score (nSPS) is 21.3. The van der Waals surface area contributed by atoms with E-state index in [4.69, 9.17) is 0 Å². The molecule has 1 fully saturated rings. The summed E-state index contributed by atoms with van der Waals surface area (Å²) in [6, 6.07) is 0.0956. The molecule has 1 N–H and O–H groups in total. The summed E-state index contributed by atoms with van der Waals surface area (Å²) in [5, 5.41) is 3.31. The van der Waals surface area contributed by atoms with Crippen LogP contribution in [-0.4, -0.2) is 48.1 Å². The zero-order valence-electron chi connectivity index (χ0n) is 11.5. The molecule has 0 radical (unpaired) electrons. The lowest BCUT2D eigenvalue weighted by atomic mass is 10.1. The molecule has 1 aliphatic heterocycles. The third-order valence-corrected chi connectivity index (χ3v) is 4.54. The third kappa shape index (κ3) is 3.63. The molecule has 1 aliphatic rings. The van der Waals surface area contributed by atoms with Crippen LogP contribution in [0.25, 0.3) is 0 Å². The highest BCUT2D eigenvalue weighted by Gasteiger charge is 2.26. The molecule has 1 aromatic rings. The van der Waals surface area contributed by atoms with E-state index < -0.39 is 10.0 Å². The molecule has 1 saturated heterocycles. The molecule has 0 spiro atoms. The largest absolute Gasteiger partial charge is 0.365 e. The number of nitrogens with one attached hydrogen (secondary N) is 1. The highest BCUT2D eigenvalue weighted by atomic mass is 32.2. The predicted octanol–water partition coefficient (Wildman–Crippen LogP) is 0.929. The zero-order chi connectivity index (χ0) is 14.0. The van der Waals surface area contributed by atoms with Crippen molar-refractivity contribution in [3.63, 3.8) is 0 Å². The molecule has 0 bridgehead atoms. The fraction of sp³-hybridized carbons (Fsp3) is 0.667. The number of aryl methyl sites for hydroxylation is 2. The van der Waals surface area contributed by atoms with Gasteiger partial charge in [-0.05, 0) is 26.7 Å². The molecule has 0 aromatic carbocycles. The highest BCUT2D eigenvalue weighted by Crippen LogP contribution is 2.18. The van der Waals surface area contributed by atoms with Crippen molar-refractivity contribution in [1.29, 1.82) is 0 Å². The lowest BCUT2D eigenvalue weighted by molar-refractivity contribution is 0.328. The Morgan fingerprint density at radius 2 is 2.16 bits per heavy atom. The van der Waals surface area contributed by atoms with Crippen LogP contribution in [0.15, 0.2) is 6.20 Å². The van der Waals surface area contributed by atoms with Crippen molar-refractivity contribution in [3.05, 3.63) is 17.6 Å². The maximum atomic E-state index is 11.6. The number of piperidine rings is 1. The van der Waals surface area contributed by atoms with Gasteiger partial charge in [0.1, 0.15) is 5.82 Å². The number of hydrogen-bond acceptors (Lipinski definition) is 5. The maximum absolute atomic E-state index is 11.6. The van der Waals surface area contributed by atoms with E-state index in [1.54, 1.807) is 6.20 Å². The summed E-state index contributed by atoms with van der Waals surface area (Å²) in [6.45, 7) is 4.89. The van der Waals surface area contributed by atoms with Crippen molar-refractivity contribution in [2.24, 2.45) is 0 Å². The second-order valence-corrected chi connectivity index (χ2v) is 7.03. The summed E-state index contributed by atoms with van der Waals surface area (Å²) >= 11 is 0. The van der Waals surface area contributed by atoms with Crippen molar-refractivity contribution >= 4 is 15.8 Å². The fourth-order valence-electron chi connectivity index (χ4n) is 2.23. The molecule has 1 unspecified atom stereocenters. The Bertz CT molecular complexity index is 559. The first kappa shape index (κ1) is 14.2. The van der Waals surface area contributed by atoms with E-state index >= 15 is 0 Å². The minimum absolute atomic E-state index is 0.0956. The number of nitrogens with zero attached hydrogens (tertiary/aromatic N) is 3. The lowest BCUT2D eigenvalue weighted by Gasteiger charge is -2.31. The Kier molecular flexibility index (Phi) is 4.05. The van der Waals surface area contributed by atoms with E-state index in [9.17, 15) is 8.42 Å². The quantitative estimate of drug-likeness (QED) is 0.893. The van der Waals surface area contributed by atoms with Gasteiger partial charge in [0.15, 0.2) is 0 Å². The SMILES string of the molecule is Cc1cnc(C)c(NC2CCCN(S(C)(=O)=O)C2)n1. The second-order valence-electron chi connectivity index (χ2n) is 5.05. The third-order valence-electron chi connectivity index (χ3n) is 3.27. The molecule has 0 saturated carbocycles. The molecule has 1 aromatic heterocycles. The zero-order valence-corrected chi connectivity index (χ0v) is 12.4. The topological polar surface area (TPSA) is 75.2 Å². The molecule has 2 rings (SSSR count). The summed E-state index contributed by atoms with van der Waals surface area (Å²) in [6.07, 6.45) is 4.79. The predicted molar refractivity (Wildman–Crippen MR) is 74.6 cm³/mol. The van der Waals surface area contributed by atoms with Crippen LogP contribution in [-0.2, 0) is 10.0 Å². The van der Waals surface area contributed by atoms with Gasteiger partial charge in [0.25, 0.3) is 0 Å². The molecule has 0 amide bonds. The average Bonchev–Trinajstić information content (AvgIpc) is 2.33. The highest BCUT2D eigenvalue weighted by molar-refractivity contribution is 7.88. The van der Waals surface area contributed by atoms with E-state index in [2.05, 4.69) is 15.3 Å². The van der Waals surface area contributed by atoms with Gasteiger partial charge in [-0.25, -0.2) is 17.7 Å². The Morgan fingerprint density at radius 3 is 2.84 bits per heavy atom. The Labute approximate surface area is 114 Å². The maximum Gasteiger partial charge on any atom is 0.211 e. The van der Waals surface area contributed by atoms with Crippen molar-refractivity contribution < 1.29 is 8.42 Å². The van der Waals surface area contributed by atoms with Crippen LogP contribution < -0.4 is 5.32 Å². The van der Waals surface area contributed by atoms with Gasteiger partial charge < -0.3 is 5.32 Å². The van der Waals surface area contributed by atoms with Gasteiger partial charge in [-0.15, -0.1) is 0 Å². The molecule has 1 atom stereocenters. The molecule has 0 aliphatic carbocycles. The van der Waals surface area contributed by atoms with Gasteiger partial charge in [0, 0.05) is 25.3 Å². The molecule has 7 heteroatoms. The van der Waals surface area contributed by atoms with Gasteiger partial charge in [-0.3, -0.25) is 4.98 Å². The van der Waals surface area contributed by atoms with Crippen LogP contribution >= 0.6 is 0 Å². The number of hydrogen-bond donors (Lipinski definition) is 1. The van der Waals surface area contributed by atoms with Crippen molar-refractivity contribution in [1.82, 2.24) is 14.3 Å².